The molecule has 3 N–H and O–H groups in total. The first-order valence-corrected chi connectivity index (χ1v) is 16.9. The lowest BCUT2D eigenvalue weighted by atomic mass is 9.95. The van der Waals surface area contributed by atoms with Gasteiger partial charge in [-0.3, -0.25) is 16.0 Å². The molecule has 8 aromatic carbocycles. The van der Waals surface area contributed by atoms with Crippen LogP contribution in [0, 0.1) is 0 Å². The maximum atomic E-state index is 6.64. The molecule has 1 aliphatic rings. The van der Waals surface area contributed by atoms with Crippen LogP contribution in [-0.4, -0.2) is 0 Å². The number of benzene rings is 8. The summed E-state index contributed by atoms with van der Waals surface area (Å²) in [5.74, 6) is 0. The van der Waals surface area contributed by atoms with Crippen molar-refractivity contribution >= 4 is 54.3 Å². The highest BCUT2D eigenvalue weighted by Crippen LogP contribution is 2.39. The zero-order chi connectivity index (χ0) is 32.3. The number of nitrogens with one attached hydrogen (secondary N) is 3. The molecule has 49 heavy (non-hydrogen) atoms. The second-order valence-electron chi connectivity index (χ2n) is 13.0. The molecule has 4 nitrogen and oxygen atoms in total. The van der Waals surface area contributed by atoms with Crippen LogP contribution < -0.4 is 16.0 Å². The van der Waals surface area contributed by atoms with Gasteiger partial charge in [0.05, 0.1) is 18.5 Å². The fraction of sp³-hybridized carbons (Fsp3) is 0.0667. The summed E-state index contributed by atoms with van der Waals surface area (Å²) in [4.78, 5) is 0. The fourth-order valence-electron chi connectivity index (χ4n) is 7.75. The molecule has 0 spiro atoms. The van der Waals surface area contributed by atoms with Gasteiger partial charge in [-0.25, -0.2) is 0 Å². The molecule has 0 amide bonds. The molecule has 4 heteroatoms. The molecule has 1 saturated heterocycles. The van der Waals surface area contributed by atoms with Crippen LogP contribution in [0.3, 0.4) is 0 Å². The highest BCUT2D eigenvalue weighted by atomic mass is 16.3. The topological polar surface area (TPSA) is 49.2 Å². The Morgan fingerprint density at radius 1 is 0.367 bits per heavy atom. The first kappa shape index (κ1) is 28.3. The van der Waals surface area contributed by atoms with Gasteiger partial charge in [-0.05, 0) is 78.8 Å². The third-order valence-corrected chi connectivity index (χ3v) is 10.2. The first-order chi connectivity index (χ1) is 24.3. The summed E-state index contributed by atoms with van der Waals surface area (Å²) in [6.07, 6.45) is -0.439. The summed E-state index contributed by atoms with van der Waals surface area (Å²) < 4.78 is 6.64. The van der Waals surface area contributed by atoms with E-state index in [-0.39, 0.29) is 18.5 Å². The molecule has 0 saturated carbocycles. The molecular weight excluding hydrogens is 599 g/mol. The molecule has 3 unspecified atom stereocenters. The van der Waals surface area contributed by atoms with E-state index in [2.05, 4.69) is 174 Å². The smallest absolute Gasteiger partial charge is 0.141 e. The van der Waals surface area contributed by atoms with Gasteiger partial charge < -0.3 is 4.42 Å². The lowest BCUT2D eigenvalue weighted by Gasteiger charge is -2.39. The molecule has 2 heterocycles. The van der Waals surface area contributed by atoms with Crippen molar-refractivity contribution < 1.29 is 4.42 Å². The van der Waals surface area contributed by atoms with Gasteiger partial charge in [0.1, 0.15) is 11.2 Å². The minimum absolute atomic E-state index is 0.101. The Balaban J connectivity index is 1.12. The van der Waals surface area contributed by atoms with Crippen molar-refractivity contribution in [1.82, 2.24) is 16.0 Å². The number of para-hydroxylation sites is 1. The third-order valence-electron chi connectivity index (χ3n) is 10.2. The summed E-state index contributed by atoms with van der Waals surface area (Å²) in [6, 6.07) is 58.7. The van der Waals surface area contributed by atoms with E-state index < -0.39 is 0 Å². The van der Waals surface area contributed by atoms with E-state index in [4.69, 9.17) is 4.42 Å². The molecule has 1 fully saturated rings. The van der Waals surface area contributed by atoms with Crippen molar-refractivity contribution in [2.24, 2.45) is 0 Å². The minimum Gasteiger partial charge on any atom is -0.456 e. The van der Waals surface area contributed by atoms with Gasteiger partial charge in [-0.1, -0.05) is 140 Å². The van der Waals surface area contributed by atoms with Crippen molar-refractivity contribution in [3.8, 4) is 11.1 Å². The number of fused-ring (bicyclic) bond motifs is 8. The zero-order valence-electron chi connectivity index (χ0n) is 26.7. The van der Waals surface area contributed by atoms with Crippen LogP contribution in [-0.2, 0) is 0 Å². The Morgan fingerprint density at radius 3 is 1.80 bits per heavy atom. The standard InChI is InChI=1S/C45H33N3O/c1-3-11-28(12-4-1)33-26-39-38-17-9-10-18-41(38)49-42(39)40(27-33)45-47-43(30-14-5-2-6-15-30)46-44(48-45)32-21-22-35-31(25-32)20-24-36-34-16-8-7-13-29(34)19-23-37(35)36/h1-27,43-48H. The second-order valence-corrected chi connectivity index (χ2v) is 13.0. The summed E-state index contributed by atoms with van der Waals surface area (Å²) in [5, 5.41) is 21.6. The lowest BCUT2D eigenvalue weighted by Crippen LogP contribution is -2.54. The zero-order valence-corrected chi connectivity index (χ0v) is 26.7. The molecular formula is C45H33N3O. The van der Waals surface area contributed by atoms with E-state index in [1.165, 1.54) is 49.0 Å². The van der Waals surface area contributed by atoms with E-state index in [1.54, 1.807) is 0 Å². The summed E-state index contributed by atoms with van der Waals surface area (Å²) in [5.41, 5.74) is 7.57. The molecule has 10 rings (SSSR count). The van der Waals surface area contributed by atoms with Gasteiger partial charge in [-0.2, -0.15) is 0 Å². The van der Waals surface area contributed by atoms with Crippen LogP contribution in [0.15, 0.2) is 168 Å². The van der Waals surface area contributed by atoms with Crippen LogP contribution in [0.5, 0.6) is 0 Å². The average Bonchev–Trinajstić information content (AvgIpc) is 3.56. The molecule has 0 aliphatic carbocycles. The fourth-order valence-corrected chi connectivity index (χ4v) is 7.75. The van der Waals surface area contributed by atoms with Gasteiger partial charge in [0.15, 0.2) is 0 Å². The molecule has 3 atom stereocenters. The Kier molecular flexibility index (Phi) is 6.59. The van der Waals surface area contributed by atoms with E-state index in [0.29, 0.717) is 0 Å². The predicted octanol–water partition coefficient (Wildman–Crippen LogP) is 10.9. The Morgan fingerprint density at radius 2 is 0.980 bits per heavy atom. The first-order valence-electron chi connectivity index (χ1n) is 16.9. The second kappa shape index (κ2) is 11.4. The number of rotatable bonds is 4. The summed E-state index contributed by atoms with van der Waals surface area (Å²) in [7, 11) is 0. The normalized spacial score (nSPS) is 18.2. The summed E-state index contributed by atoms with van der Waals surface area (Å²) >= 11 is 0. The van der Waals surface area contributed by atoms with Gasteiger partial charge in [-0.15, -0.1) is 0 Å². The van der Waals surface area contributed by atoms with Crippen molar-refractivity contribution in [1.29, 1.82) is 0 Å². The number of hydrogen-bond donors (Lipinski definition) is 3. The highest BCUT2D eigenvalue weighted by molar-refractivity contribution is 6.17. The number of hydrogen-bond acceptors (Lipinski definition) is 4. The van der Waals surface area contributed by atoms with Crippen molar-refractivity contribution in [3.05, 3.63) is 180 Å². The SMILES string of the molecule is c1ccc(-c2cc(C3NC(c4ccccc4)NC(c4ccc5c(ccc6c7ccccc7ccc56)c4)N3)c3oc4ccccc4c3c2)cc1. The maximum Gasteiger partial charge on any atom is 0.141 e. The van der Waals surface area contributed by atoms with E-state index >= 15 is 0 Å². The highest BCUT2D eigenvalue weighted by Gasteiger charge is 2.32. The molecule has 0 radical (unpaired) electrons. The molecule has 9 aromatic rings. The van der Waals surface area contributed by atoms with Crippen LogP contribution in [0.1, 0.15) is 35.2 Å². The molecule has 1 aromatic heterocycles. The van der Waals surface area contributed by atoms with Crippen molar-refractivity contribution in [3.63, 3.8) is 0 Å². The van der Waals surface area contributed by atoms with E-state index in [9.17, 15) is 0 Å². The Bertz CT molecular complexity index is 2660. The summed E-state index contributed by atoms with van der Waals surface area (Å²) in [6.45, 7) is 0. The Labute approximate surface area is 284 Å². The molecule has 0 bridgehead atoms. The van der Waals surface area contributed by atoms with E-state index in [1.807, 2.05) is 6.07 Å². The van der Waals surface area contributed by atoms with Crippen LogP contribution in [0.25, 0.3) is 65.4 Å². The van der Waals surface area contributed by atoms with Gasteiger partial charge in [0.25, 0.3) is 0 Å². The third kappa shape index (κ3) is 4.81. The van der Waals surface area contributed by atoms with Crippen molar-refractivity contribution in [2.75, 3.05) is 0 Å². The Hall–Kier alpha value is -5.78. The van der Waals surface area contributed by atoms with Crippen LogP contribution in [0.4, 0.5) is 0 Å². The van der Waals surface area contributed by atoms with Gasteiger partial charge in [0, 0.05) is 16.3 Å². The maximum absolute atomic E-state index is 6.64. The van der Waals surface area contributed by atoms with E-state index in [0.717, 1.165) is 33.1 Å². The lowest BCUT2D eigenvalue weighted by molar-refractivity contribution is 0.203. The largest absolute Gasteiger partial charge is 0.456 e. The molecule has 1 aliphatic heterocycles. The monoisotopic (exact) mass is 631 g/mol. The number of furan rings is 1. The average molecular weight is 632 g/mol. The quantitative estimate of drug-likeness (QED) is 0.169. The van der Waals surface area contributed by atoms with Gasteiger partial charge >= 0.3 is 0 Å². The van der Waals surface area contributed by atoms with Crippen LogP contribution >= 0.6 is 0 Å². The van der Waals surface area contributed by atoms with Gasteiger partial charge in [0.2, 0.25) is 0 Å². The predicted molar refractivity (Wildman–Crippen MR) is 202 cm³/mol. The van der Waals surface area contributed by atoms with Crippen molar-refractivity contribution in [2.45, 2.75) is 18.5 Å². The van der Waals surface area contributed by atoms with Crippen LogP contribution in [0.2, 0.25) is 0 Å². The molecule has 234 valence electrons. The minimum atomic E-state index is -0.207.